The van der Waals surface area contributed by atoms with Crippen LogP contribution >= 0.6 is 0 Å². The molecular weight excluding hydrogens is 328 g/mol. The van der Waals surface area contributed by atoms with Crippen LogP contribution in [-0.4, -0.2) is 31.7 Å². The molecule has 2 aliphatic rings. The Balaban J connectivity index is 1.71. The number of amides is 1. The highest BCUT2D eigenvalue weighted by Gasteiger charge is 2.47. The van der Waals surface area contributed by atoms with Gasteiger partial charge in [0.25, 0.3) is 10.2 Å². The average molecular weight is 348 g/mol. The van der Waals surface area contributed by atoms with Crippen LogP contribution in [-0.2, 0) is 20.5 Å². The van der Waals surface area contributed by atoms with Crippen molar-refractivity contribution in [3.63, 3.8) is 0 Å². The van der Waals surface area contributed by atoms with Gasteiger partial charge in [-0.05, 0) is 43.4 Å². The summed E-state index contributed by atoms with van der Waals surface area (Å²) >= 11 is 0. The minimum atomic E-state index is -3.76. The fourth-order valence-corrected chi connectivity index (χ4v) is 3.99. The van der Waals surface area contributed by atoms with E-state index in [1.807, 2.05) is 12.1 Å². The quantitative estimate of drug-likeness (QED) is 0.827. The highest BCUT2D eigenvalue weighted by Crippen LogP contribution is 2.46. The minimum Gasteiger partial charge on any atom is -0.346 e. The molecule has 0 aromatic heterocycles. The zero-order valence-electron chi connectivity index (χ0n) is 13.2. The van der Waals surface area contributed by atoms with Crippen LogP contribution in [0.4, 0.5) is 0 Å². The van der Waals surface area contributed by atoms with Crippen molar-refractivity contribution < 1.29 is 13.2 Å². The predicted octanol–water partition coefficient (Wildman–Crippen LogP) is 0.579. The summed E-state index contributed by atoms with van der Waals surface area (Å²) in [6.45, 7) is 0.483. The summed E-state index contributed by atoms with van der Waals surface area (Å²) in [7, 11) is -3.76. The van der Waals surface area contributed by atoms with Crippen LogP contribution in [0, 0.1) is 17.2 Å². The first-order chi connectivity index (χ1) is 11.3. The molecule has 8 heteroatoms. The molecule has 1 aliphatic heterocycles. The van der Waals surface area contributed by atoms with Crippen LogP contribution in [0.25, 0.3) is 0 Å². The van der Waals surface area contributed by atoms with Gasteiger partial charge in [0.15, 0.2) is 0 Å². The molecule has 3 rings (SSSR count). The van der Waals surface area contributed by atoms with Crippen LogP contribution in [0.2, 0.25) is 0 Å². The van der Waals surface area contributed by atoms with Gasteiger partial charge in [-0.1, -0.05) is 12.1 Å². The zero-order chi connectivity index (χ0) is 17.4. The molecule has 0 radical (unpaired) electrons. The lowest BCUT2D eigenvalue weighted by Gasteiger charge is -2.31. The van der Waals surface area contributed by atoms with E-state index < -0.39 is 21.7 Å². The first kappa shape index (κ1) is 16.9. The first-order valence-corrected chi connectivity index (χ1v) is 9.45. The largest absolute Gasteiger partial charge is 0.346 e. The van der Waals surface area contributed by atoms with E-state index in [-0.39, 0.29) is 12.5 Å². The fraction of sp³-hybridized carbons (Fsp3) is 0.500. The second-order valence-corrected chi connectivity index (χ2v) is 8.05. The van der Waals surface area contributed by atoms with E-state index in [9.17, 15) is 13.2 Å². The number of rotatable bonds is 4. The Hall–Kier alpha value is -1.95. The molecule has 1 amide bonds. The Morgan fingerprint density at radius 3 is 2.79 bits per heavy atom. The van der Waals surface area contributed by atoms with E-state index in [2.05, 4.69) is 11.4 Å². The first-order valence-electron chi connectivity index (χ1n) is 7.95. The van der Waals surface area contributed by atoms with Crippen molar-refractivity contribution in [3.8, 4) is 6.07 Å². The lowest BCUT2D eigenvalue weighted by Crippen LogP contribution is -2.49. The van der Waals surface area contributed by atoms with Gasteiger partial charge in [-0.15, -0.1) is 0 Å². The van der Waals surface area contributed by atoms with Crippen molar-refractivity contribution >= 4 is 16.1 Å². The highest BCUT2D eigenvalue weighted by atomic mass is 32.2. The molecule has 1 atom stereocenters. The van der Waals surface area contributed by atoms with E-state index in [4.69, 9.17) is 10.4 Å². The lowest BCUT2D eigenvalue weighted by molar-refractivity contribution is -0.127. The number of nitrogens with two attached hydrogens (primary N) is 1. The number of carbonyl (C=O) groups is 1. The molecule has 24 heavy (non-hydrogen) atoms. The van der Waals surface area contributed by atoms with E-state index in [0.717, 1.165) is 22.7 Å². The van der Waals surface area contributed by atoms with Gasteiger partial charge in [0.2, 0.25) is 5.91 Å². The number of nitriles is 1. The standard InChI is InChI=1S/C16H20N4O3S/c17-10-12-3-1-5-14(9-12)16(6-7-16)19-15(21)13-4-2-8-20(11-13)24(18,22)23/h1,3,5,9,13H,2,4,6-8,11H2,(H,19,21)(H2,18,22,23)/t13-/m0/s1. The van der Waals surface area contributed by atoms with Gasteiger partial charge in [0, 0.05) is 13.1 Å². The normalized spacial score (nSPS) is 23.2. The third-order valence-corrected chi connectivity index (χ3v) is 5.82. The second kappa shape index (κ2) is 6.16. The van der Waals surface area contributed by atoms with Gasteiger partial charge >= 0.3 is 0 Å². The summed E-state index contributed by atoms with van der Waals surface area (Å²) < 4.78 is 24.1. The van der Waals surface area contributed by atoms with Gasteiger partial charge in [-0.3, -0.25) is 4.79 Å². The number of carbonyl (C=O) groups excluding carboxylic acids is 1. The summed E-state index contributed by atoms with van der Waals surface area (Å²) in [5, 5.41) is 17.3. The number of hydrogen-bond donors (Lipinski definition) is 2. The summed E-state index contributed by atoms with van der Waals surface area (Å²) in [6.07, 6.45) is 2.90. The molecule has 128 valence electrons. The Labute approximate surface area is 141 Å². The van der Waals surface area contributed by atoms with Crippen LogP contribution in [0.15, 0.2) is 24.3 Å². The van der Waals surface area contributed by atoms with Crippen molar-refractivity contribution in [2.24, 2.45) is 11.1 Å². The SMILES string of the molecule is N#Cc1cccc(C2(NC(=O)[C@H]3CCCN(S(N)(=O)=O)C3)CC2)c1. The highest BCUT2D eigenvalue weighted by molar-refractivity contribution is 7.86. The van der Waals surface area contributed by atoms with Gasteiger partial charge in [-0.25, -0.2) is 5.14 Å². The molecule has 1 heterocycles. The number of hydrogen-bond acceptors (Lipinski definition) is 4. The Morgan fingerprint density at radius 1 is 1.42 bits per heavy atom. The molecule has 0 unspecified atom stereocenters. The van der Waals surface area contributed by atoms with Crippen molar-refractivity contribution in [3.05, 3.63) is 35.4 Å². The fourth-order valence-electron chi connectivity index (χ4n) is 3.22. The number of nitrogens with one attached hydrogen (secondary N) is 1. The van der Waals surface area contributed by atoms with E-state index in [1.54, 1.807) is 12.1 Å². The van der Waals surface area contributed by atoms with E-state index in [1.165, 1.54) is 0 Å². The van der Waals surface area contributed by atoms with Gasteiger partial charge in [0.05, 0.1) is 23.1 Å². The van der Waals surface area contributed by atoms with Gasteiger partial charge < -0.3 is 5.32 Å². The molecule has 0 spiro atoms. The predicted molar refractivity (Wildman–Crippen MR) is 87.6 cm³/mol. The third-order valence-electron chi connectivity index (χ3n) is 4.77. The molecule has 1 saturated heterocycles. The summed E-state index contributed by atoms with van der Waals surface area (Å²) in [5.41, 5.74) is 1.06. The molecule has 7 nitrogen and oxygen atoms in total. The summed E-state index contributed by atoms with van der Waals surface area (Å²) in [6, 6.07) is 9.35. The van der Waals surface area contributed by atoms with E-state index >= 15 is 0 Å². The van der Waals surface area contributed by atoms with Crippen molar-refractivity contribution in [2.45, 2.75) is 31.2 Å². The monoisotopic (exact) mass is 348 g/mol. The van der Waals surface area contributed by atoms with Crippen molar-refractivity contribution in [2.75, 3.05) is 13.1 Å². The topological polar surface area (TPSA) is 116 Å². The summed E-state index contributed by atoms with van der Waals surface area (Å²) in [4.78, 5) is 12.6. The second-order valence-electron chi connectivity index (χ2n) is 6.51. The molecule has 0 bridgehead atoms. The van der Waals surface area contributed by atoms with Crippen LogP contribution in [0.3, 0.4) is 0 Å². The minimum absolute atomic E-state index is 0.124. The Morgan fingerprint density at radius 2 is 2.17 bits per heavy atom. The van der Waals surface area contributed by atoms with Crippen molar-refractivity contribution in [1.29, 1.82) is 5.26 Å². The maximum atomic E-state index is 12.6. The maximum absolute atomic E-state index is 12.6. The van der Waals surface area contributed by atoms with Crippen LogP contribution in [0.1, 0.15) is 36.8 Å². The molecule has 2 fully saturated rings. The van der Waals surface area contributed by atoms with Crippen molar-refractivity contribution in [1.82, 2.24) is 9.62 Å². The molecule has 1 aliphatic carbocycles. The smallest absolute Gasteiger partial charge is 0.276 e. The van der Waals surface area contributed by atoms with E-state index in [0.29, 0.717) is 24.9 Å². The molecular formula is C16H20N4O3S. The third kappa shape index (κ3) is 3.43. The molecule has 1 aromatic rings. The zero-order valence-corrected chi connectivity index (χ0v) is 14.1. The van der Waals surface area contributed by atoms with Gasteiger partial charge in [0.1, 0.15) is 0 Å². The Bertz CT molecular complexity index is 796. The average Bonchev–Trinajstić information content (AvgIpc) is 3.35. The Kier molecular flexibility index (Phi) is 4.34. The summed E-state index contributed by atoms with van der Waals surface area (Å²) in [5.74, 6) is -0.545. The number of benzene rings is 1. The molecule has 3 N–H and O–H groups in total. The molecule has 1 aromatic carbocycles. The number of piperidine rings is 1. The maximum Gasteiger partial charge on any atom is 0.276 e. The van der Waals surface area contributed by atoms with Gasteiger partial charge in [-0.2, -0.15) is 18.0 Å². The van der Waals surface area contributed by atoms with Crippen LogP contribution < -0.4 is 10.5 Å². The molecule has 1 saturated carbocycles. The lowest BCUT2D eigenvalue weighted by atomic mass is 9.96. The number of nitrogens with zero attached hydrogens (tertiary/aromatic N) is 2. The van der Waals surface area contributed by atoms with Crippen LogP contribution in [0.5, 0.6) is 0 Å².